The van der Waals surface area contributed by atoms with Crippen molar-refractivity contribution in [2.45, 2.75) is 57.5 Å². The van der Waals surface area contributed by atoms with Gasteiger partial charge in [0.25, 0.3) is 5.91 Å². The average molecular weight is 519 g/mol. The first-order chi connectivity index (χ1) is 18.6. The lowest BCUT2D eigenvalue weighted by molar-refractivity contribution is 0.0190. The zero-order chi connectivity index (χ0) is 26.1. The van der Waals surface area contributed by atoms with E-state index >= 15 is 0 Å². The quantitative estimate of drug-likeness (QED) is 0.467. The molecular weight excluding hydrogens is 480 g/mol. The van der Waals surface area contributed by atoms with Gasteiger partial charge in [0.1, 0.15) is 17.2 Å². The fourth-order valence-corrected chi connectivity index (χ4v) is 6.32. The monoisotopic (exact) mass is 518 g/mol. The summed E-state index contributed by atoms with van der Waals surface area (Å²) < 4.78 is 7.67. The Morgan fingerprint density at radius 1 is 1.18 bits per heavy atom. The largest absolute Gasteiger partial charge is 0.379 e. The number of nitrogens with one attached hydrogen (secondary N) is 2. The molecule has 202 valence electrons. The third-order valence-electron chi connectivity index (χ3n) is 8.58. The molecule has 1 unspecified atom stereocenters. The molecule has 0 aromatic carbocycles. The molecule has 1 spiro atoms. The molecule has 38 heavy (non-hydrogen) atoms. The lowest BCUT2D eigenvalue weighted by atomic mass is 9.94. The number of hydrogen-bond acceptors (Lipinski definition) is 8. The molecule has 2 N–H and O–H groups in total. The van der Waals surface area contributed by atoms with Crippen LogP contribution in [-0.4, -0.2) is 82.3 Å². The summed E-state index contributed by atoms with van der Waals surface area (Å²) in [6.45, 7) is 10.8. The average Bonchev–Trinajstić information content (AvgIpc) is 3.58. The molecule has 10 heteroatoms. The summed E-state index contributed by atoms with van der Waals surface area (Å²) in [7, 11) is 0. The topological polar surface area (TPSA) is 100 Å². The Kier molecular flexibility index (Phi) is 6.92. The van der Waals surface area contributed by atoms with Crippen LogP contribution in [0.5, 0.6) is 0 Å². The number of hydrogen-bond donors (Lipinski definition) is 2. The van der Waals surface area contributed by atoms with Gasteiger partial charge in [0.2, 0.25) is 5.95 Å². The molecule has 1 amide bonds. The standard InChI is InChI=1S/C28H38N8O2/c1-3-34(11-8-20(2)35-12-14-38-15-13-35)22-6-7-24(29-18-22)32-27-30-17-21-16-23-26(37)31-19-28(9-4-5-10-28)36(23)25(21)33-27/h6-7,16-18,20H,3-5,8-15,19H2,1-2H3,(H,31,37)(H,29,30,32,33). The van der Waals surface area contributed by atoms with Crippen LogP contribution < -0.4 is 15.5 Å². The molecule has 2 aliphatic heterocycles. The van der Waals surface area contributed by atoms with Crippen LogP contribution in [0.25, 0.3) is 11.0 Å². The van der Waals surface area contributed by atoms with Gasteiger partial charge < -0.3 is 24.8 Å². The Hall–Kier alpha value is -3.24. The minimum Gasteiger partial charge on any atom is -0.379 e. The van der Waals surface area contributed by atoms with Crippen LogP contribution in [0.1, 0.15) is 56.4 Å². The van der Waals surface area contributed by atoms with Crippen molar-refractivity contribution in [2.24, 2.45) is 0 Å². The molecule has 1 saturated heterocycles. The van der Waals surface area contributed by atoms with Crippen molar-refractivity contribution in [3.63, 3.8) is 0 Å². The van der Waals surface area contributed by atoms with Gasteiger partial charge in [-0.3, -0.25) is 9.69 Å². The first-order valence-corrected chi connectivity index (χ1v) is 14.0. The van der Waals surface area contributed by atoms with E-state index in [1.54, 1.807) is 6.20 Å². The molecule has 10 nitrogen and oxygen atoms in total. The van der Waals surface area contributed by atoms with Crippen molar-refractivity contribution in [3.8, 4) is 0 Å². The molecule has 1 atom stereocenters. The maximum Gasteiger partial charge on any atom is 0.268 e. The van der Waals surface area contributed by atoms with Crippen LogP contribution >= 0.6 is 0 Å². The molecule has 2 fully saturated rings. The van der Waals surface area contributed by atoms with E-state index < -0.39 is 0 Å². The van der Waals surface area contributed by atoms with Crippen LogP contribution in [0.3, 0.4) is 0 Å². The SMILES string of the molecule is CCN(CCC(C)N1CCOCC1)c1ccc(Nc2ncc3cc4n(c3n2)C2(CCCC2)CNC4=O)nc1. The molecule has 5 heterocycles. The van der Waals surface area contributed by atoms with E-state index in [4.69, 9.17) is 9.72 Å². The van der Waals surface area contributed by atoms with E-state index in [1.807, 2.05) is 18.3 Å². The van der Waals surface area contributed by atoms with Gasteiger partial charge >= 0.3 is 0 Å². The number of ether oxygens (including phenoxy) is 1. The number of anilines is 3. The highest BCUT2D eigenvalue weighted by Crippen LogP contribution is 2.41. The fourth-order valence-electron chi connectivity index (χ4n) is 6.32. The van der Waals surface area contributed by atoms with Gasteiger partial charge in [-0.15, -0.1) is 0 Å². The van der Waals surface area contributed by atoms with E-state index in [0.29, 0.717) is 30.0 Å². The number of carbonyl (C=O) groups is 1. The third kappa shape index (κ3) is 4.71. The van der Waals surface area contributed by atoms with Crippen LogP contribution in [0.2, 0.25) is 0 Å². The predicted octanol–water partition coefficient (Wildman–Crippen LogP) is 3.52. The number of rotatable bonds is 8. The van der Waals surface area contributed by atoms with Gasteiger partial charge in [-0.2, -0.15) is 4.98 Å². The van der Waals surface area contributed by atoms with Crippen molar-refractivity contribution >= 4 is 34.4 Å². The van der Waals surface area contributed by atoms with Crippen LogP contribution in [-0.2, 0) is 10.3 Å². The van der Waals surface area contributed by atoms with Crippen molar-refractivity contribution in [3.05, 3.63) is 36.3 Å². The molecule has 3 aliphatic rings. The van der Waals surface area contributed by atoms with E-state index in [9.17, 15) is 4.79 Å². The van der Waals surface area contributed by atoms with Crippen LogP contribution in [0.15, 0.2) is 30.6 Å². The molecule has 3 aromatic heterocycles. The minimum atomic E-state index is -0.0839. The first-order valence-electron chi connectivity index (χ1n) is 14.0. The molecule has 1 saturated carbocycles. The third-order valence-corrected chi connectivity index (χ3v) is 8.58. The Morgan fingerprint density at radius 3 is 2.74 bits per heavy atom. The molecule has 1 aliphatic carbocycles. The summed E-state index contributed by atoms with van der Waals surface area (Å²) in [6.07, 6.45) is 9.26. The summed E-state index contributed by atoms with van der Waals surface area (Å²) in [5, 5.41) is 7.26. The lowest BCUT2D eigenvalue weighted by Crippen LogP contribution is -2.50. The maximum atomic E-state index is 12.6. The fraction of sp³-hybridized carbons (Fsp3) is 0.571. The van der Waals surface area contributed by atoms with Crippen molar-refractivity contribution in [1.29, 1.82) is 0 Å². The number of morpholine rings is 1. The minimum absolute atomic E-state index is 0.0351. The molecule has 3 aromatic rings. The van der Waals surface area contributed by atoms with Gasteiger partial charge in [-0.25, -0.2) is 9.97 Å². The molecule has 6 rings (SSSR count). The van der Waals surface area contributed by atoms with Gasteiger partial charge in [0.05, 0.1) is 30.6 Å². The van der Waals surface area contributed by atoms with Gasteiger partial charge in [-0.1, -0.05) is 12.8 Å². The number of fused-ring (bicyclic) bond motifs is 4. The Bertz CT molecular complexity index is 1280. The second-order valence-electron chi connectivity index (χ2n) is 10.8. The summed E-state index contributed by atoms with van der Waals surface area (Å²) >= 11 is 0. The molecule has 0 radical (unpaired) electrons. The van der Waals surface area contributed by atoms with Gasteiger partial charge in [-0.05, 0) is 51.3 Å². The smallest absolute Gasteiger partial charge is 0.268 e. The van der Waals surface area contributed by atoms with Crippen molar-refractivity contribution in [2.75, 3.05) is 56.2 Å². The van der Waals surface area contributed by atoms with E-state index in [0.717, 1.165) is 75.4 Å². The number of nitrogens with zero attached hydrogens (tertiary/aromatic N) is 6. The number of pyridine rings is 1. The van der Waals surface area contributed by atoms with E-state index in [1.165, 1.54) is 12.8 Å². The maximum absolute atomic E-state index is 12.6. The second kappa shape index (κ2) is 10.5. The summed E-state index contributed by atoms with van der Waals surface area (Å²) in [4.78, 5) is 31.6. The molecular formula is C28H38N8O2. The Labute approximate surface area is 223 Å². The van der Waals surface area contributed by atoms with Gasteiger partial charge in [0, 0.05) is 50.3 Å². The first kappa shape index (κ1) is 25.1. The number of carbonyl (C=O) groups excluding carboxylic acids is 1. The van der Waals surface area contributed by atoms with Gasteiger partial charge in [0.15, 0.2) is 0 Å². The zero-order valence-corrected chi connectivity index (χ0v) is 22.4. The number of amides is 1. The summed E-state index contributed by atoms with van der Waals surface area (Å²) in [5.74, 6) is 1.15. The normalized spacial score (nSPS) is 19.9. The highest BCUT2D eigenvalue weighted by Gasteiger charge is 2.42. The highest BCUT2D eigenvalue weighted by atomic mass is 16.5. The van der Waals surface area contributed by atoms with E-state index in [-0.39, 0.29) is 11.4 Å². The van der Waals surface area contributed by atoms with Crippen LogP contribution in [0, 0.1) is 0 Å². The Morgan fingerprint density at radius 2 is 2.00 bits per heavy atom. The number of aromatic nitrogens is 4. The second-order valence-corrected chi connectivity index (χ2v) is 10.8. The Balaban J connectivity index is 1.16. The lowest BCUT2D eigenvalue weighted by Gasteiger charge is -2.37. The highest BCUT2D eigenvalue weighted by molar-refractivity contribution is 5.99. The predicted molar refractivity (Wildman–Crippen MR) is 148 cm³/mol. The summed E-state index contributed by atoms with van der Waals surface area (Å²) in [5.41, 5.74) is 2.53. The van der Waals surface area contributed by atoms with Crippen LogP contribution in [0.4, 0.5) is 17.5 Å². The zero-order valence-electron chi connectivity index (χ0n) is 22.4. The summed E-state index contributed by atoms with van der Waals surface area (Å²) in [6, 6.07) is 6.53. The van der Waals surface area contributed by atoms with Crippen molar-refractivity contribution in [1.82, 2.24) is 29.7 Å². The van der Waals surface area contributed by atoms with Crippen molar-refractivity contribution < 1.29 is 9.53 Å². The molecule has 0 bridgehead atoms. The van der Waals surface area contributed by atoms with E-state index in [2.05, 4.69) is 54.9 Å².